The van der Waals surface area contributed by atoms with Crippen LogP contribution < -0.4 is 14.2 Å². The summed E-state index contributed by atoms with van der Waals surface area (Å²) in [4.78, 5) is 2.52. The van der Waals surface area contributed by atoms with Gasteiger partial charge >= 0.3 is 0 Å². The van der Waals surface area contributed by atoms with Gasteiger partial charge in [0.15, 0.2) is 0 Å². The van der Waals surface area contributed by atoms with Crippen LogP contribution in [0.4, 0.5) is 0 Å². The van der Waals surface area contributed by atoms with Crippen LogP contribution in [0, 0.1) is 0 Å². The third-order valence-corrected chi connectivity index (χ3v) is 4.66. The molecule has 24 heavy (non-hydrogen) atoms. The van der Waals surface area contributed by atoms with E-state index in [9.17, 15) is 0 Å². The minimum absolute atomic E-state index is 0.452. The van der Waals surface area contributed by atoms with Crippen molar-refractivity contribution in [3.05, 3.63) is 53.6 Å². The molecule has 128 valence electrons. The molecule has 0 spiro atoms. The van der Waals surface area contributed by atoms with Crippen LogP contribution in [0.3, 0.4) is 0 Å². The Morgan fingerprint density at radius 1 is 0.875 bits per heavy atom. The smallest absolute Gasteiger partial charge is 0.122 e. The van der Waals surface area contributed by atoms with Gasteiger partial charge in [-0.1, -0.05) is 12.1 Å². The Hall–Kier alpha value is -2.20. The van der Waals surface area contributed by atoms with Gasteiger partial charge in [0.2, 0.25) is 0 Å². The topological polar surface area (TPSA) is 30.9 Å². The third kappa shape index (κ3) is 3.65. The van der Waals surface area contributed by atoms with Crippen molar-refractivity contribution < 1.29 is 14.2 Å². The number of ether oxygens (including phenoxy) is 3. The van der Waals surface area contributed by atoms with Crippen LogP contribution >= 0.6 is 0 Å². The fourth-order valence-electron chi connectivity index (χ4n) is 3.41. The van der Waals surface area contributed by atoms with Crippen molar-refractivity contribution in [3.8, 4) is 17.2 Å². The minimum Gasteiger partial charge on any atom is -0.497 e. The lowest BCUT2D eigenvalue weighted by atomic mass is 10.0. The Labute approximate surface area is 144 Å². The van der Waals surface area contributed by atoms with E-state index >= 15 is 0 Å². The lowest BCUT2D eigenvalue weighted by molar-refractivity contribution is 0.247. The average Bonchev–Trinajstić information content (AvgIpc) is 3.09. The second-order valence-corrected chi connectivity index (χ2v) is 6.12. The molecule has 1 heterocycles. The first-order valence-electron chi connectivity index (χ1n) is 8.33. The van der Waals surface area contributed by atoms with Crippen LogP contribution in [0.2, 0.25) is 0 Å². The van der Waals surface area contributed by atoms with Crippen LogP contribution in [0.15, 0.2) is 42.5 Å². The molecule has 0 radical (unpaired) electrons. The number of likely N-dealkylation sites (tertiary alicyclic amines) is 1. The summed E-state index contributed by atoms with van der Waals surface area (Å²) < 4.78 is 16.0. The first-order chi connectivity index (χ1) is 11.7. The molecule has 3 rings (SSSR count). The van der Waals surface area contributed by atoms with Crippen LogP contribution in [0.5, 0.6) is 17.2 Å². The van der Waals surface area contributed by atoms with Crippen molar-refractivity contribution in [1.29, 1.82) is 0 Å². The van der Waals surface area contributed by atoms with Crippen molar-refractivity contribution in [3.63, 3.8) is 0 Å². The zero-order valence-electron chi connectivity index (χ0n) is 14.6. The Morgan fingerprint density at radius 2 is 1.50 bits per heavy atom. The maximum Gasteiger partial charge on any atom is 0.122 e. The van der Waals surface area contributed by atoms with Crippen molar-refractivity contribution in [1.82, 2.24) is 4.90 Å². The molecular weight excluding hydrogens is 302 g/mol. The van der Waals surface area contributed by atoms with Crippen molar-refractivity contribution in [2.24, 2.45) is 0 Å². The first kappa shape index (κ1) is 16.7. The van der Waals surface area contributed by atoms with Crippen LogP contribution in [-0.4, -0.2) is 32.8 Å². The predicted molar refractivity (Wildman–Crippen MR) is 94.9 cm³/mol. The molecule has 1 aliphatic heterocycles. The molecule has 0 aromatic heterocycles. The number of methoxy groups -OCH3 is 3. The van der Waals surface area contributed by atoms with Crippen LogP contribution in [0.25, 0.3) is 0 Å². The summed E-state index contributed by atoms with van der Waals surface area (Å²) in [5, 5.41) is 0. The summed E-state index contributed by atoms with van der Waals surface area (Å²) in [5.41, 5.74) is 2.56. The molecular formula is C20H25NO3. The molecule has 0 N–H and O–H groups in total. The molecule has 2 aromatic carbocycles. The molecule has 4 nitrogen and oxygen atoms in total. The molecule has 1 atom stereocenters. The van der Waals surface area contributed by atoms with E-state index in [2.05, 4.69) is 29.2 Å². The van der Waals surface area contributed by atoms with Gasteiger partial charge in [0.05, 0.1) is 21.3 Å². The highest BCUT2D eigenvalue weighted by Crippen LogP contribution is 2.35. The lowest BCUT2D eigenvalue weighted by Gasteiger charge is -2.25. The Kier molecular flexibility index (Phi) is 5.26. The predicted octanol–water partition coefficient (Wildman–Crippen LogP) is 4.05. The number of rotatable bonds is 6. The van der Waals surface area contributed by atoms with E-state index in [-0.39, 0.29) is 0 Å². The zero-order chi connectivity index (χ0) is 16.9. The van der Waals surface area contributed by atoms with Gasteiger partial charge in [-0.15, -0.1) is 0 Å². The standard InChI is InChI=1S/C20H25NO3/c1-22-17-8-6-16(7-9-17)20-5-4-10-21(20)14-15-11-18(23-2)13-19(12-15)24-3/h6-9,11-13,20H,4-5,10,14H2,1-3H3/t20-/m1/s1. The average molecular weight is 327 g/mol. The molecule has 0 amide bonds. The van der Waals surface area contributed by atoms with E-state index < -0.39 is 0 Å². The Balaban J connectivity index is 1.78. The van der Waals surface area contributed by atoms with Gasteiger partial charge in [0, 0.05) is 18.7 Å². The van der Waals surface area contributed by atoms with Gasteiger partial charge in [0.25, 0.3) is 0 Å². The van der Waals surface area contributed by atoms with Gasteiger partial charge < -0.3 is 14.2 Å². The summed E-state index contributed by atoms with van der Waals surface area (Å²) >= 11 is 0. The van der Waals surface area contributed by atoms with Crippen LogP contribution in [0.1, 0.15) is 30.0 Å². The second kappa shape index (κ2) is 7.58. The molecule has 1 fully saturated rings. The van der Waals surface area contributed by atoms with Crippen molar-refractivity contribution >= 4 is 0 Å². The monoisotopic (exact) mass is 327 g/mol. The van der Waals surface area contributed by atoms with Gasteiger partial charge in [-0.2, -0.15) is 0 Å². The first-order valence-corrected chi connectivity index (χ1v) is 8.33. The number of nitrogens with zero attached hydrogens (tertiary/aromatic N) is 1. The van der Waals surface area contributed by atoms with Crippen molar-refractivity contribution in [2.45, 2.75) is 25.4 Å². The summed E-state index contributed by atoms with van der Waals surface area (Å²) in [6.45, 7) is 2.00. The minimum atomic E-state index is 0.452. The molecule has 4 heteroatoms. The second-order valence-electron chi connectivity index (χ2n) is 6.12. The van der Waals surface area contributed by atoms with E-state index in [0.29, 0.717) is 6.04 Å². The van der Waals surface area contributed by atoms with Crippen LogP contribution in [-0.2, 0) is 6.54 Å². The SMILES string of the molecule is COc1ccc([C@H]2CCCN2Cc2cc(OC)cc(OC)c2)cc1. The maximum atomic E-state index is 5.39. The number of hydrogen-bond acceptors (Lipinski definition) is 4. The van der Waals surface area contributed by atoms with E-state index in [4.69, 9.17) is 14.2 Å². The molecule has 1 saturated heterocycles. The van der Waals surface area contributed by atoms with Crippen molar-refractivity contribution in [2.75, 3.05) is 27.9 Å². The normalized spacial score (nSPS) is 17.7. The highest BCUT2D eigenvalue weighted by molar-refractivity contribution is 5.38. The van der Waals surface area contributed by atoms with E-state index in [1.54, 1.807) is 21.3 Å². The Bertz CT molecular complexity index is 647. The van der Waals surface area contributed by atoms with Gasteiger partial charge in [-0.25, -0.2) is 0 Å². The molecule has 2 aromatic rings. The maximum absolute atomic E-state index is 5.39. The quantitative estimate of drug-likeness (QED) is 0.801. The molecule has 1 aliphatic rings. The fourth-order valence-corrected chi connectivity index (χ4v) is 3.41. The lowest BCUT2D eigenvalue weighted by Crippen LogP contribution is -2.22. The van der Waals surface area contributed by atoms with E-state index in [1.807, 2.05) is 18.2 Å². The molecule has 0 bridgehead atoms. The highest BCUT2D eigenvalue weighted by Gasteiger charge is 2.26. The molecule has 0 aliphatic carbocycles. The van der Waals surface area contributed by atoms with Gasteiger partial charge in [-0.05, 0) is 54.8 Å². The summed E-state index contributed by atoms with van der Waals surface area (Å²) in [5.74, 6) is 2.58. The molecule has 0 unspecified atom stereocenters. The van der Waals surface area contributed by atoms with E-state index in [1.165, 1.54) is 24.0 Å². The summed E-state index contributed by atoms with van der Waals surface area (Å²) in [7, 11) is 5.08. The van der Waals surface area contributed by atoms with E-state index in [0.717, 1.165) is 30.3 Å². The van der Waals surface area contributed by atoms with Gasteiger partial charge in [-0.3, -0.25) is 4.90 Å². The molecule has 0 saturated carbocycles. The number of hydrogen-bond donors (Lipinski definition) is 0. The third-order valence-electron chi connectivity index (χ3n) is 4.66. The summed E-state index contributed by atoms with van der Waals surface area (Å²) in [6, 6.07) is 15.0. The van der Waals surface area contributed by atoms with Gasteiger partial charge in [0.1, 0.15) is 17.2 Å². The Morgan fingerprint density at radius 3 is 2.08 bits per heavy atom. The highest BCUT2D eigenvalue weighted by atomic mass is 16.5. The summed E-state index contributed by atoms with van der Waals surface area (Å²) in [6.07, 6.45) is 2.41. The number of benzene rings is 2. The largest absolute Gasteiger partial charge is 0.497 e. The zero-order valence-corrected chi connectivity index (χ0v) is 14.6. The fraction of sp³-hybridized carbons (Fsp3) is 0.400.